The molecule has 0 unspecified atom stereocenters. The number of benzene rings is 1. The van der Waals surface area contributed by atoms with Gasteiger partial charge >= 0.3 is 0 Å². The van der Waals surface area contributed by atoms with E-state index in [1.165, 1.54) is 0 Å². The zero-order valence-electron chi connectivity index (χ0n) is 12.0. The third-order valence-corrected chi connectivity index (χ3v) is 3.19. The second-order valence-corrected chi connectivity index (χ2v) is 4.61. The van der Waals surface area contributed by atoms with Gasteiger partial charge in [-0.1, -0.05) is 25.1 Å². The molecule has 1 heterocycles. The fourth-order valence-electron chi connectivity index (χ4n) is 2.02. The smallest absolute Gasteiger partial charge is 0.171 e. The van der Waals surface area contributed by atoms with Crippen LogP contribution in [-0.4, -0.2) is 16.3 Å². The van der Waals surface area contributed by atoms with Crippen molar-refractivity contribution in [1.29, 1.82) is 0 Å². The molecule has 0 fully saturated rings. The Labute approximate surface area is 114 Å². The first-order valence-corrected chi connectivity index (χ1v) is 6.60. The molecule has 1 aromatic carbocycles. The van der Waals surface area contributed by atoms with Crippen LogP contribution < -0.4 is 10.1 Å². The van der Waals surface area contributed by atoms with Crippen molar-refractivity contribution < 1.29 is 4.74 Å². The third kappa shape index (κ3) is 2.96. The van der Waals surface area contributed by atoms with Gasteiger partial charge in [0.1, 0.15) is 11.4 Å². The van der Waals surface area contributed by atoms with E-state index < -0.39 is 0 Å². The Bertz CT molecular complexity index is 561. The highest BCUT2D eigenvalue weighted by Gasteiger charge is 2.13. The number of nitrogens with one attached hydrogen (secondary N) is 1. The SMILES string of the molecule is CCNCc1ccccc1Oc1c(C)nn(C)c1C. The van der Waals surface area contributed by atoms with Gasteiger partial charge < -0.3 is 10.1 Å². The van der Waals surface area contributed by atoms with E-state index in [4.69, 9.17) is 4.74 Å². The van der Waals surface area contributed by atoms with E-state index in [2.05, 4.69) is 23.4 Å². The summed E-state index contributed by atoms with van der Waals surface area (Å²) in [6.07, 6.45) is 0. The average molecular weight is 259 g/mol. The highest BCUT2D eigenvalue weighted by Crippen LogP contribution is 2.30. The Morgan fingerprint density at radius 3 is 2.63 bits per heavy atom. The van der Waals surface area contributed by atoms with E-state index in [9.17, 15) is 0 Å². The molecule has 1 N–H and O–H groups in total. The minimum Gasteiger partial charge on any atom is -0.453 e. The molecule has 0 saturated heterocycles. The minimum absolute atomic E-state index is 0.811. The first kappa shape index (κ1) is 13.6. The van der Waals surface area contributed by atoms with Crippen molar-refractivity contribution in [1.82, 2.24) is 15.1 Å². The van der Waals surface area contributed by atoms with Gasteiger partial charge in [0.2, 0.25) is 0 Å². The summed E-state index contributed by atoms with van der Waals surface area (Å²) >= 11 is 0. The molecule has 0 aliphatic rings. The Morgan fingerprint density at radius 1 is 1.26 bits per heavy atom. The molecule has 0 atom stereocenters. The van der Waals surface area contributed by atoms with Crippen LogP contribution in [0.15, 0.2) is 24.3 Å². The molecule has 1 aromatic heterocycles. The Kier molecular flexibility index (Phi) is 4.22. The van der Waals surface area contributed by atoms with Crippen LogP contribution in [0.2, 0.25) is 0 Å². The van der Waals surface area contributed by atoms with E-state index in [1.807, 2.05) is 43.8 Å². The molecule has 102 valence electrons. The zero-order valence-corrected chi connectivity index (χ0v) is 12.0. The first-order valence-electron chi connectivity index (χ1n) is 6.60. The van der Waals surface area contributed by atoms with E-state index in [1.54, 1.807) is 0 Å². The van der Waals surface area contributed by atoms with Gasteiger partial charge in [-0.05, 0) is 26.5 Å². The van der Waals surface area contributed by atoms with Crippen molar-refractivity contribution in [2.75, 3.05) is 6.54 Å². The quantitative estimate of drug-likeness (QED) is 0.897. The lowest BCUT2D eigenvalue weighted by molar-refractivity contribution is 0.465. The highest BCUT2D eigenvalue weighted by molar-refractivity contribution is 5.41. The summed E-state index contributed by atoms with van der Waals surface area (Å²) in [5.41, 5.74) is 3.11. The van der Waals surface area contributed by atoms with Crippen LogP contribution in [0.25, 0.3) is 0 Å². The summed E-state index contributed by atoms with van der Waals surface area (Å²) in [5.74, 6) is 1.74. The van der Waals surface area contributed by atoms with E-state index >= 15 is 0 Å². The molecular formula is C15H21N3O. The lowest BCUT2D eigenvalue weighted by Gasteiger charge is -2.11. The lowest BCUT2D eigenvalue weighted by atomic mass is 10.2. The first-order chi connectivity index (χ1) is 9.13. The summed E-state index contributed by atoms with van der Waals surface area (Å²) in [6.45, 7) is 7.83. The van der Waals surface area contributed by atoms with Gasteiger partial charge in [0.05, 0.1) is 5.69 Å². The van der Waals surface area contributed by atoms with Gasteiger partial charge in [-0.15, -0.1) is 0 Å². The fraction of sp³-hybridized carbons (Fsp3) is 0.400. The monoisotopic (exact) mass is 259 g/mol. The molecule has 4 heteroatoms. The molecule has 4 nitrogen and oxygen atoms in total. The van der Waals surface area contributed by atoms with Gasteiger partial charge in [0, 0.05) is 19.2 Å². The molecule has 0 spiro atoms. The normalized spacial score (nSPS) is 10.7. The number of hydrogen-bond acceptors (Lipinski definition) is 3. The van der Waals surface area contributed by atoms with Crippen LogP contribution in [0, 0.1) is 13.8 Å². The maximum Gasteiger partial charge on any atom is 0.171 e. The van der Waals surface area contributed by atoms with Crippen molar-refractivity contribution in [2.45, 2.75) is 27.3 Å². The number of para-hydroxylation sites is 1. The molecular weight excluding hydrogens is 238 g/mol. The Hall–Kier alpha value is -1.81. The molecule has 0 amide bonds. The number of aryl methyl sites for hydroxylation is 2. The van der Waals surface area contributed by atoms with Crippen molar-refractivity contribution in [3.8, 4) is 11.5 Å². The van der Waals surface area contributed by atoms with Gasteiger partial charge in [-0.25, -0.2) is 0 Å². The fourth-order valence-corrected chi connectivity index (χ4v) is 2.02. The standard InChI is InChI=1S/C15H21N3O/c1-5-16-10-13-8-6-7-9-14(13)19-15-11(2)17-18(4)12(15)3/h6-9,16H,5,10H2,1-4H3. The molecule has 2 rings (SSSR count). The summed E-state index contributed by atoms with van der Waals surface area (Å²) in [5, 5.41) is 7.70. The van der Waals surface area contributed by atoms with E-state index in [0.717, 1.165) is 41.5 Å². The summed E-state index contributed by atoms with van der Waals surface area (Å²) in [7, 11) is 1.93. The molecule has 0 saturated carbocycles. The van der Waals surface area contributed by atoms with E-state index in [0.29, 0.717) is 0 Å². The predicted molar refractivity (Wildman–Crippen MR) is 76.6 cm³/mol. The Balaban J connectivity index is 2.27. The second-order valence-electron chi connectivity index (χ2n) is 4.61. The molecule has 0 bridgehead atoms. The highest BCUT2D eigenvalue weighted by atomic mass is 16.5. The molecule has 2 aromatic rings. The number of rotatable bonds is 5. The Morgan fingerprint density at radius 2 is 2.00 bits per heavy atom. The van der Waals surface area contributed by atoms with Crippen molar-refractivity contribution in [2.24, 2.45) is 7.05 Å². The lowest BCUT2D eigenvalue weighted by Crippen LogP contribution is -2.12. The summed E-state index contributed by atoms with van der Waals surface area (Å²) < 4.78 is 7.91. The van der Waals surface area contributed by atoms with Crippen LogP contribution in [0.4, 0.5) is 0 Å². The number of aromatic nitrogens is 2. The zero-order chi connectivity index (χ0) is 13.8. The minimum atomic E-state index is 0.811. The number of ether oxygens (including phenoxy) is 1. The van der Waals surface area contributed by atoms with Gasteiger partial charge in [0.25, 0.3) is 0 Å². The second kappa shape index (κ2) is 5.89. The maximum atomic E-state index is 6.07. The van der Waals surface area contributed by atoms with Crippen molar-refractivity contribution >= 4 is 0 Å². The van der Waals surface area contributed by atoms with Crippen LogP contribution in [0.3, 0.4) is 0 Å². The van der Waals surface area contributed by atoms with Gasteiger partial charge in [-0.3, -0.25) is 4.68 Å². The molecule has 0 aliphatic heterocycles. The van der Waals surface area contributed by atoms with Crippen molar-refractivity contribution in [3.05, 3.63) is 41.2 Å². The van der Waals surface area contributed by atoms with Crippen LogP contribution in [0.5, 0.6) is 11.5 Å². The largest absolute Gasteiger partial charge is 0.453 e. The van der Waals surface area contributed by atoms with E-state index in [-0.39, 0.29) is 0 Å². The third-order valence-electron chi connectivity index (χ3n) is 3.19. The molecule has 0 aliphatic carbocycles. The predicted octanol–water partition coefficient (Wildman–Crippen LogP) is 2.94. The molecule has 0 radical (unpaired) electrons. The number of nitrogens with zero attached hydrogens (tertiary/aromatic N) is 2. The average Bonchev–Trinajstić information content (AvgIpc) is 2.64. The number of hydrogen-bond donors (Lipinski definition) is 1. The van der Waals surface area contributed by atoms with Gasteiger partial charge in [0.15, 0.2) is 5.75 Å². The van der Waals surface area contributed by atoms with Crippen LogP contribution in [0.1, 0.15) is 23.9 Å². The van der Waals surface area contributed by atoms with Crippen LogP contribution in [-0.2, 0) is 13.6 Å². The summed E-state index contributed by atoms with van der Waals surface area (Å²) in [6, 6.07) is 8.10. The van der Waals surface area contributed by atoms with Gasteiger partial charge in [-0.2, -0.15) is 5.10 Å². The topological polar surface area (TPSA) is 39.1 Å². The maximum absolute atomic E-state index is 6.07. The van der Waals surface area contributed by atoms with Crippen molar-refractivity contribution in [3.63, 3.8) is 0 Å². The molecule has 19 heavy (non-hydrogen) atoms. The van der Waals surface area contributed by atoms with Crippen LogP contribution >= 0.6 is 0 Å². The summed E-state index contributed by atoms with van der Waals surface area (Å²) in [4.78, 5) is 0.